The SMILES string of the molecule is CC1CCCN(C(=O)c2c[nH]c3ccccc3c2=O)C1. The maximum absolute atomic E-state index is 12.5. The molecule has 1 aliphatic heterocycles. The molecule has 1 aromatic heterocycles. The highest BCUT2D eigenvalue weighted by molar-refractivity contribution is 5.97. The van der Waals surface area contributed by atoms with Gasteiger partial charge in [-0.25, -0.2) is 0 Å². The van der Waals surface area contributed by atoms with Gasteiger partial charge in [-0.1, -0.05) is 19.1 Å². The Morgan fingerprint density at radius 1 is 1.35 bits per heavy atom. The third-order valence-electron chi connectivity index (χ3n) is 3.96. The highest BCUT2D eigenvalue weighted by Gasteiger charge is 2.24. The predicted octanol–water partition coefficient (Wildman–Crippen LogP) is 2.40. The minimum Gasteiger partial charge on any atom is -0.360 e. The second kappa shape index (κ2) is 5.12. The van der Waals surface area contributed by atoms with Crippen LogP contribution in [0.5, 0.6) is 0 Å². The van der Waals surface area contributed by atoms with E-state index in [2.05, 4.69) is 11.9 Å². The number of aromatic nitrogens is 1. The Morgan fingerprint density at radius 3 is 2.95 bits per heavy atom. The minimum absolute atomic E-state index is 0.149. The number of carbonyl (C=O) groups is 1. The molecule has 1 saturated heterocycles. The average Bonchev–Trinajstić information content (AvgIpc) is 2.47. The fraction of sp³-hybridized carbons (Fsp3) is 0.375. The second-order valence-electron chi connectivity index (χ2n) is 5.58. The van der Waals surface area contributed by atoms with Crippen LogP contribution in [0.1, 0.15) is 30.1 Å². The number of hydrogen-bond acceptors (Lipinski definition) is 2. The molecule has 1 amide bonds. The Labute approximate surface area is 117 Å². The average molecular weight is 270 g/mol. The van der Waals surface area contributed by atoms with Crippen molar-refractivity contribution in [1.82, 2.24) is 9.88 Å². The molecule has 0 radical (unpaired) electrons. The lowest BCUT2D eigenvalue weighted by Crippen LogP contribution is -2.40. The molecule has 20 heavy (non-hydrogen) atoms. The molecule has 0 saturated carbocycles. The molecule has 2 aromatic rings. The van der Waals surface area contributed by atoms with Crippen molar-refractivity contribution in [3.8, 4) is 0 Å². The van der Waals surface area contributed by atoms with Crippen molar-refractivity contribution in [3.63, 3.8) is 0 Å². The molecule has 0 aliphatic carbocycles. The quantitative estimate of drug-likeness (QED) is 0.865. The first-order valence-corrected chi connectivity index (χ1v) is 7.06. The summed E-state index contributed by atoms with van der Waals surface area (Å²) in [5, 5.41) is 0.573. The number of aromatic amines is 1. The number of pyridine rings is 1. The van der Waals surface area contributed by atoms with Crippen LogP contribution < -0.4 is 5.43 Å². The summed E-state index contributed by atoms with van der Waals surface area (Å²) in [5.74, 6) is 0.357. The van der Waals surface area contributed by atoms with Gasteiger partial charge in [-0.15, -0.1) is 0 Å². The Bertz CT molecular complexity index is 705. The molecule has 104 valence electrons. The topological polar surface area (TPSA) is 53.2 Å². The predicted molar refractivity (Wildman–Crippen MR) is 78.9 cm³/mol. The Kier molecular flexibility index (Phi) is 3.30. The number of piperidine rings is 1. The molecule has 1 atom stereocenters. The van der Waals surface area contributed by atoms with Crippen LogP contribution in [0.15, 0.2) is 35.3 Å². The maximum Gasteiger partial charge on any atom is 0.259 e. The van der Waals surface area contributed by atoms with Crippen molar-refractivity contribution in [2.24, 2.45) is 5.92 Å². The third-order valence-corrected chi connectivity index (χ3v) is 3.96. The van der Waals surface area contributed by atoms with Gasteiger partial charge in [0.2, 0.25) is 5.43 Å². The fourth-order valence-electron chi connectivity index (χ4n) is 2.87. The number of amides is 1. The van der Waals surface area contributed by atoms with Crippen molar-refractivity contribution in [3.05, 3.63) is 46.2 Å². The van der Waals surface area contributed by atoms with Gasteiger partial charge < -0.3 is 9.88 Å². The van der Waals surface area contributed by atoms with E-state index in [1.807, 2.05) is 18.2 Å². The number of hydrogen-bond donors (Lipinski definition) is 1. The summed E-state index contributed by atoms with van der Waals surface area (Å²) in [6.45, 7) is 3.63. The number of rotatable bonds is 1. The van der Waals surface area contributed by atoms with Gasteiger partial charge in [0.05, 0.1) is 0 Å². The molecule has 0 bridgehead atoms. The molecule has 4 nitrogen and oxygen atoms in total. The number of benzene rings is 1. The Hall–Kier alpha value is -2.10. The summed E-state index contributed by atoms with van der Waals surface area (Å²) in [6.07, 6.45) is 3.71. The number of nitrogens with one attached hydrogen (secondary N) is 1. The zero-order valence-corrected chi connectivity index (χ0v) is 11.6. The van der Waals surface area contributed by atoms with Crippen molar-refractivity contribution in [2.75, 3.05) is 13.1 Å². The van der Waals surface area contributed by atoms with E-state index in [-0.39, 0.29) is 16.9 Å². The molecule has 4 heteroatoms. The first kappa shape index (κ1) is 12.9. The Morgan fingerprint density at radius 2 is 2.15 bits per heavy atom. The third kappa shape index (κ3) is 2.22. The van der Waals surface area contributed by atoms with Gasteiger partial charge in [-0.05, 0) is 30.9 Å². The van der Waals surface area contributed by atoms with Gasteiger partial charge in [0.1, 0.15) is 5.56 Å². The van der Waals surface area contributed by atoms with Crippen molar-refractivity contribution in [1.29, 1.82) is 0 Å². The number of carbonyl (C=O) groups excluding carboxylic acids is 1. The van der Waals surface area contributed by atoms with Crippen LogP contribution in [0.3, 0.4) is 0 Å². The van der Waals surface area contributed by atoms with Gasteiger partial charge in [0, 0.05) is 30.2 Å². The van der Waals surface area contributed by atoms with Crippen LogP contribution in [0, 0.1) is 5.92 Å². The standard InChI is InChI=1S/C16H18N2O2/c1-11-5-4-8-18(10-11)16(20)13-9-17-14-7-3-2-6-12(14)15(13)19/h2-3,6-7,9,11H,4-5,8,10H2,1H3,(H,17,19). The number of H-pyrrole nitrogens is 1. The molecular weight excluding hydrogens is 252 g/mol. The van der Waals surface area contributed by atoms with Crippen molar-refractivity contribution < 1.29 is 4.79 Å². The van der Waals surface area contributed by atoms with E-state index in [0.29, 0.717) is 11.3 Å². The van der Waals surface area contributed by atoms with Gasteiger partial charge in [-0.3, -0.25) is 9.59 Å². The summed E-state index contributed by atoms with van der Waals surface area (Å²) in [5.41, 5.74) is 0.835. The first-order chi connectivity index (χ1) is 9.66. The van der Waals surface area contributed by atoms with E-state index in [0.717, 1.165) is 31.4 Å². The van der Waals surface area contributed by atoms with E-state index in [1.165, 1.54) is 0 Å². The largest absolute Gasteiger partial charge is 0.360 e. The summed E-state index contributed by atoms with van der Waals surface area (Å²) >= 11 is 0. The molecule has 2 heterocycles. The summed E-state index contributed by atoms with van der Waals surface area (Å²) < 4.78 is 0. The summed E-state index contributed by atoms with van der Waals surface area (Å²) in [6, 6.07) is 7.28. The lowest BCUT2D eigenvalue weighted by atomic mass is 9.99. The van der Waals surface area contributed by atoms with Crippen molar-refractivity contribution >= 4 is 16.8 Å². The van der Waals surface area contributed by atoms with Crippen LogP contribution in [0.25, 0.3) is 10.9 Å². The zero-order chi connectivity index (χ0) is 14.1. The highest BCUT2D eigenvalue weighted by atomic mass is 16.2. The highest BCUT2D eigenvalue weighted by Crippen LogP contribution is 2.17. The molecule has 0 spiro atoms. The van der Waals surface area contributed by atoms with Gasteiger partial charge >= 0.3 is 0 Å². The van der Waals surface area contributed by atoms with Crippen LogP contribution in [-0.2, 0) is 0 Å². The molecule has 1 aliphatic rings. The normalized spacial score (nSPS) is 19.2. The van der Waals surface area contributed by atoms with E-state index in [1.54, 1.807) is 17.2 Å². The number of fused-ring (bicyclic) bond motifs is 1. The van der Waals surface area contributed by atoms with Crippen LogP contribution in [-0.4, -0.2) is 28.9 Å². The molecular formula is C16H18N2O2. The van der Waals surface area contributed by atoms with E-state index in [4.69, 9.17) is 0 Å². The van der Waals surface area contributed by atoms with Gasteiger partial charge in [0.15, 0.2) is 0 Å². The lowest BCUT2D eigenvalue weighted by molar-refractivity contribution is 0.0681. The first-order valence-electron chi connectivity index (χ1n) is 7.06. The van der Waals surface area contributed by atoms with E-state index in [9.17, 15) is 9.59 Å². The second-order valence-corrected chi connectivity index (χ2v) is 5.58. The minimum atomic E-state index is -0.178. The monoisotopic (exact) mass is 270 g/mol. The number of likely N-dealkylation sites (tertiary alicyclic amines) is 1. The van der Waals surface area contributed by atoms with Crippen molar-refractivity contribution in [2.45, 2.75) is 19.8 Å². The number of para-hydroxylation sites is 1. The van der Waals surface area contributed by atoms with Gasteiger partial charge in [-0.2, -0.15) is 0 Å². The smallest absolute Gasteiger partial charge is 0.259 e. The number of nitrogens with zero attached hydrogens (tertiary/aromatic N) is 1. The van der Waals surface area contributed by atoms with Gasteiger partial charge in [0.25, 0.3) is 5.91 Å². The Balaban J connectivity index is 1.99. The molecule has 1 aromatic carbocycles. The lowest BCUT2D eigenvalue weighted by Gasteiger charge is -2.30. The zero-order valence-electron chi connectivity index (χ0n) is 11.6. The molecule has 1 fully saturated rings. The van der Waals surface area contributed by atoms with E-state index >= 15 is 0 Å². The summed E-state index contributed by atoms with van der Waals surface area (Å²) in [7, 11) is 0. The molecule has 1 N–H and O–H groups in total. The molecule has 3 rings (SSSR count). The fourth-order valence-corrected chi connectivity index (χ4v) is 2.87. The molecule has 1 unspecified atom stereocenters. The maximum atomic E-state index is 12.5. The van der Waals surface area contributed by atoms with Crippen LogP contribution in [0.4, 0.5) is 0 Å². The van der Waals surface area contributed by atoms with E-state index < -0.39 is 0 Å². The summed E-state index contributed by atoms with van der Waals surface area (Å²) in [4.78, 5) is 29.8. The van der Waals surface area contributed by atoms with Crippen LogP contribution in [0.2, 0.25) is 0 Å². The van der Waals surface area contributed by atoms with Crippen LogP contribution >= 0.6 is 0 Å².